The van der Waals surface area contributed by atoms with Crippen molar-refractivity contribution in [1.29, 1.82) is 0 Å². The van der Waals surface area contributed by atoms with Crippen LogP contribution in [-0.4, -0.2) is 25.7 Å². The van der Waals surface area contributed by atoms with Crippen molar-refractivity contribution in [3.05, 3.63) is 34.9 Å². The van der Waals surface area contributed by atoms with Crippen LogP contribution in [0.4, 0.5) is 0 Å². The van der Waals surface area contributed by atoms with E-state index < -0.39 is 0 Å². The van der Waals surface area contributed by atoms with Gasteiger partial charge >= 0.3 is 0 Å². The van der Waals surface area contributed by atoms with Gasteiger partial charge in [0.1, 0.15) is 0 Å². The van der Waals surface area contributed by atoms with Gasteiger partial charge in [-0.05, 0) is 50.9 Å². The first kappa shape index (κ1) is 14.5. The minimum atomic E-state index is 0.197. The fourth-order valence-corrected chi connectivity index (χ4v) is 3.09. The van der Waals surface area contributed by atoms with E-state index in [1.807, 2.05) is 0 Å². The lowest BCUT2D eigenvalue weighted by molar-refractivity contribution is 0.351. The van der Waals surface area contributed by atoms with Crippen molar-refractivity contribution >= 4 is 0 Å². The molecule has 1 heterocycles. The van der Waals surface area contributed by atoms with Crippen molar-refractivity contribution in [1.82, 2.24) is 10.6 Å². The molecule has 1 aliphatic heterocycles. The van der Waals surface area contributed by atoms with Crippen LogP contribution >= 0.6 is 0 Å². The van der Waals surface area contributed by atoms with Gasteiger partial charge in [0.2, 0.25) is 0 Å². The van der Waals surface area contributed by atoms with Crippen molar-refractivity contribution in [3.8, 4) is 0 Å². The fraction of sp³-hybridized carbons (Fsp3) is 0.647. The van der Waals surface area contributed by atoms with Crippen LogP contribution in [0.2, 0.25) is 0 Å². The summed E-state index contributed by atoms with van der Waals surface area (Å²) >= 11 is 0. The first-order chi connectivity index (χ1) is 8.99. The highest BCUT2D eigenvalue weighted by Gasteiger charge is 2.24. The van der Waals surface area contributed by atoms with E-state index in [-0.39, 0.29) is 5.41 Å². The lowest BCUT2D eigenvalue weighted by Crippen LogP contribution is -2.44. The minimum absolute atomic E-state index is 0.197. The van der Waals surface area contributed by atoms with Gasteiger partial charge in [-0.3, -0.25) is 0 Å². The summed E-state index contributed by atoms with van der Waals surface area (Å²) < 4.78 is 0. The molecule has 1 aromatic rings. The second-order valence-corrected chi connectivity index (χ2v) is 6.61. The third kappa shape index (κ3) is 3.80. The summed E-state index contributed by atoms with van der Waals surface area (Å²) in [5.74, 6) is 0. The van der Waals surface area contributed by atoms with Crippen molar-refractivity contribution in [2.75, 3.05) is 19.6 Å². The first-order valence-corrected chi connectivity index (χ1v) is 7.51. The van der Waals surface area contributed by atoms with E-state index in [2.05, 4.69) is 56.5 Å². The molecule has 2 rings (SSSR count). The van der Waals surface area contributed by atoms with Crippen LogP contribution in [0, 0.1) is 13.8 Å². The average Bonchev–Trinajstić information content (AvgIpc) is 2.37. The second-order valence-electron chi connectivity index (χ2n) is 6.61. The van der Waals surface area contributed by atoms with E-state index in [1.54, 1.807) is 0 Å². The lowest BCUT2D eigenvalue weighted by atomic mass is 9.81. The molecule has 19 heavy (non-hydrogen) atoms. The SMILES string of the molecule is Cc1ccc(C(C)(C)CNC2CCNCC2)c(C)c1. The molecule has 0 bridgehead atoms. The Hall–Kier alpha value is -0.860. The number of hydrogen-bond acceptors (Lipinski definition) is 2. The summed E-state index contributed by atoms with van der Waals surface area (Å²) in [4.78, 5) is 0. The van der Waals surface area contributed by atoms with E-state index in [0.717, 1.165) is 19.6 Å². The third-order valence-corrected chi connectivity index (χ3v) is 4.28. The molecule has 1 aromatic carbocycles. The highest BCUT2D eigenvalue weighted by molar-refractivity contribution is 5.35. The van der Waals surface area contributed by atoms with Gasteiger partial charge in [-0.25, -0.2) is 0 Å². The smallest absolute Gasteiger partial charge is 0.00915 e. The fourth-order valence-electron chi connectivity index (χ4n) is 3.09. The van der Waals surface area contributed by atoms with Gasteiger partial charge < -0.3 is 10.6 Å². The molecule has 0 amide bonds. The van der Waals surface area contributed by atoms with E-state index in [1.165, 1.54) is 29.5 Å². The van der Waals surface area contributed by atoms with Gasteiger partial charge in [0.05, 0.1) is 0 Å². The van der Waals surface area contributed by atoms with E-state index in [4.69, 9.17) is 0 Å². The molecule has 0 unspecified atom stereocenters. The van der Waals surface area contributed by atoms with Gasteiger partial charge in [0.25, 0.3) is 0 Å². The van der Waals surface area contributed by atoms with Crippen LogP contribution in [0.3, 0.4) is 0 Å². The van der Waals surface area contributed by atoms with E-state index in [9.17, 15) is 0 Å². The zero-order valence-corrected chi connectivity index (χ0v) is 12.8. The van der Waals surface area contributed by atoms with Crippen molar-refractivity contribution in [2.45, 2.75) is 52.0 Å². The van der Waals surface area contributed by atoms with Gasteiger partial charge in [-0.2, -0.15) is 0 Å². The standard InChI is InChI=1S/C17H28N2/c1-13-5-6-16(14(2)11-13)17(3,4)12-19-15-7-9-18-10-8-15/h5-6,11,15,18-19H,7-10,12H2,1-4H3. The quantitative estimate of drug-likeness (QED) is 0.870. The lowest BCUT2D eigenvalue weighted by Gasteiger charge is -2.32. The van der Waals surface area contributed by atoms with Gasteiger partial charge in [-0.15, -0.1) is 0 Å². The predicted molar refractivity (Wildman–Crippen MR) is 82.8 cm³/mol. The maximum atomic E-state index is 3.76. The summed E-state index contributed by atoms with van der Waals surface area (Å²) in [6.07, 6.45) is 2.51. The Bertz CT molecular complexity index is 417. The van der Waals surface area contributed by atoms with E-state index in [0.29, 0.717) is 6.04 Å². The Morgan fingerprint density at radius 2 is 1.89 bits per heavy atom. The van der Waals surface area contributed by atoms with Crippen LogP contribution in [-0.2, 0) is 5.41 Å². The van der Waals surface area contributed by atoms with Crippen molar-refractivity contribution in [3.63, 3.8) is 0 Å². The average molecular weight is 260 g/mol. The van der Waals surface area contributed by atoms with Crippen LogP contribution in [0.25, 0.3) is 0 Å². The molecule has 0 saturated carbocycles. The van der Waals surface area contributed by atoms with Crippen LogP contribution < -0.4 is 10.6 Å². The molecule has 1 fully saturated rings. The molecule has 1 aliphatic rings. The molecule has 0 aliphatic carbocycles. The third-order valence-electron chi connectivity index (χ3n) is 4.28. The van der Waals surface area contributed by atoms with E-state index >= 15 is 0 Å². The number of nitrogens with one attached hydrogen (secondary N) is 2. The molecule has 0 atom stereocenters. The topological polar surface area (TPSA) is 24.1 Å². The maximum Gasteiger partial charge on any atom is 0.00915 e. The molecule has 2 heteroatoms. The Labute approximate surface area is 118 Å². The molecule has 2 N–H and O–H groups in total. The Morgan fingerprint density at radius 1 is 1.21 bits per heavy atom. The summed E-state index contributed by atoms with van der Waals surface area (Å²) in [6, 6.07) is 7.51. The number of rotatable bonds is 4. The van der Waals surface area contributed by atoms with Crippen LogP contribution in [0.5, 0.6) is 0 Å². The summed E-state index contributed by atoms with van der Waals surface area (Å²) in [5, 5.41) is 7.18. The normalized spacial score (nSPS) is 17.7. The van der Waals surface area contributed by atoms with Gasteiger partial charge in [-0.1, -0.05) is 37.6 Å². The van der Waals surface area contributed by atoms with Crippen molar-refractivity contribution < 1.29 is 0 Å². The second kappa shape index (κ2) is 6.06. The molecule has 0 radical (unpaired) electrons. The predicted octanol–water partition coefficient (Wildman–Crippen LogP) is 2.92. The Balaban J connectivity index is 2.00. The highest BCUT2D eigenvalue weighted by Crippen LogP contribution is 2.26. The monoisotopic (exact) mass is 260 g/mol. The number of piperidine rings is 1. The van der Waals surface area contributed by atoms with Gasteiger partial charge in [0, 0.05) is 18.0 Å². The summed E-state index contributed by atoms with van der Waals surface area (Å²) in [6.45, 7) is 12.5. The molecule has 0 aromatic heterocycles. The summed E-state index contributed by atoms with van der Waals surface area (Å²) in [5.41, 5.74) is 4.43. The largest absolute Gasteiger partial charge is 0.317 e. The molecule has 0 spiro atoms. The number of benzene rings is 1. The molecule has 2 nitrogen and oxygen atoms in total. The highest BCUT2D eigenvalue weighted by atomic mass is 15.0. The first-order valence-electron chi connectivity index (χ1n) is 7.51. The van der Waals surface area contributed by atoms with Crippen LogP contribution in [0.15, 0.2) is 18.2 Å². The molecular weight excluding hydrogens is 232 g/mol. The molecule has 106 valence electrons. The van der Waals surface area contributed by atoms with Crippen LogP contribution in [0.1, 0.15) is 43.4 Å². The zero-order valence-electron chi connectivity index (χ0n) is 12.8. The summed E-state index contributed by atoms with van der Waals surface area (Å²) in [7, 11) is 0. The maximum absolute atomic E-state index is 3.76. The minimum Gasteiger partial charge on any atom is -0.317 e. The van der Waals surface area contributed by atoms with Gasteiger partial charge in [0.15, 0.2) is 0 Å². The number of aryl methyl sites for hydroxylation is 2. The molecule has 1 saturated heterocycles. The zero-order chi connectivity index (χ0) is 13.9. The molecular formula is C17H28N2. The van der Waals surface area contributed by atoms with Crippen molar-refractivity contribution in [2.24, 2.45) is 0 Å². The Morgan fingerprint density at radius 3 is 2.53 bits per heavy atom. The Kier molecular flexibility index (Phi) is 4.64. The number of hydrogen-bond donors (Lipinski definition) is 2.